The maximum Gasteiger partial charge on any atom is 0.363 e. The topological polar surface area (TPSA) is 228 Å². The molecule has 1 saturated heterocycles. The van der Waals surface area contributed by atoms with E-state index in [-0.39, 0.29) is 21.9 Å². The molecule has 15 nitrogen and oxygen atoms in total. The number of nitrogens with zero attached hydrogens (tertiary/aromatic N) is 3. The minimum absolute atomic E-state index is 0.199. The number of β-lactam (4-membered cyclic amide) rings is 1. The summed E-state index contributed by atoms with van der Waals surface area (Å²) in [5.74, 6) is -3.22. The van der Waals surface area contributed by atoms with E-state index in [0.717, 1.165) is 11.3 Å². The van der Waals surface area contributed by atoms with Gasteiger partial charge >= 0.3 is 10.3 Å². The third-order valence-electron chi connectivity index (χ3n) is 3.26. The summed E-state index contributed by atoms with van der Waals surface area (Å²) >= 11 is 6.43. The van der Waals surface area contributed by atoms with Crippen molar-refractivity contribution >= 4 is 72.3 Å². The van der Waals surface area contributed by atoms with Crippen LogP contribution >= 0.6 is 22.9 Å². The van der Waals surface area contributed by atoms with Crippen LogP contribution in [0.3, 0.4) is 0 Å². The van der Waals surface area contributed by atoms with Gasteiger partial charge in [-0.25, -0.2) is 18.5 Å². The molecular weight excluding hydrogens is 492 g/mol. The Labute approximate surface area is 178 Å². The zero-order chi connectivity index (χ0) is 22.7. The molecule has 1 aliphatic heterocycles. The van der Waals surface area contributed by atoms with Crippen molar-refractivity contribution in [3.63, 3.8) is 0 Å². The molecule has 0 saturated carbocycles. The van der Waals surface area contributed by atoms with Gasteiger partial charge in [-0.05, 0) is 0 Å². The van der Waals surface area contributed by atoms with E-state index in [1.54, 1.807) is 0 Å². The van der Waals surface area contributed by atoms with E-state index in [0.29, 0.717) is 11.9 Å². The highest BCUT2D eigenvalue weighted by Gasteiger charge is 2.59. The molecule has 2 rings (SSSR count). The van der Waals surface area contributed by atoms with E-state index in [2.05, 4.69) is 15.5 Å². The third-order valence-corrected chi connectivity index (χ3v) is 6.50. The Bertz CT molecular complexity index is 1090. The summed E-state index contributed by atoms with van der Waals surface area (Å²) in [7, 11) is -9.87. The second-order valence-corrected chi connectivity index (χ2v) is 9.49. The van der Waals surface area contributed by atoms with E-state index in [1.807, 2.05) is 5.32 Å². The Kier molecular flexibility index (Phi) is 7.31. The lowest BCUT2D eigenvalue weighted by atomic mass is 10.1. The molecule has 30 heavy (non-hydrogen) atoms. The predicted octanol–water partition coefficient (Wildman–Crippen LogP) is -2.43. The summed E-state index contributed by atoms with van der Waals surface area (Å²) in [5.41, 5.74) is 0.356. The molecule has 2 heterocycles. The molecule has 166 valence electrons. The Morgan fingerprint density at radius 3 is 2.67 bits per heavy atom. The second-order valence-electron chi connectivity index (χ2n) is 5.41. The third kappa shape index (κ3) is 5.83. The van der Waals surface area contributed by atoms with Crippen molar-refractivity contribution in [3.05, 3.63) is 11.1 Å². The molecule has 0 bridgehead atoms. The zero-order valence-electron chi connectivity index (χ0n) is 14.5. The molecule has 1 aromatic heterocycles. The summed E-state index contributed by atoms with van der Waals surface area (Å²) in [6.45, 7) is -0.199. The van der Waals surface area contributed by atoms with Crippen LogP contribution in [0.5, 0.6) is 0 Å². The van der Waals surface area contributed by atoms with E-state index in [1.165, 1.54) is 5.38 Å². The van der Waals surface area contributed by atoms with Crippen molar-refractivity contribution in [2.75, 3.05) is 11.2 Å². The molecule has 0 aromatic carbocycles. The van der Waals surface area contributed by atoms with Gasteiger partial charge in [0.1, 0.15) is 18.1 Å². The normalized spacial score (nSPS) is 19.4. The van der Waals surface area contributed by atoms with Crippen LogP contribution in [0.2, 0.25) is 0 Å². The van der Waals surface area contributed by atoms with Gasteiger partial charge in [0.25, 0.3) is 11.8 Å². The molecule has 0 spiro atoms. The number of carbonyl (C=O) groups is 3. The minimum atomic E-state index is -5.20. The summed E-state index contributed by atoms with van der Waals surface area (Å²) in [4.78, 5) is 43.4. The number of carbonyl (C=O) groups excluding carboxylic acids is 3. The average Bonchev–Trinajstić information content (AvgIpc) is 3.05. The van der Waals surface area contributed by atoms with Gasteiger partial charge in [0.2, 0.25) is 15.9 Å². The van der Waals surface area contributed by atoms with Crippen LogP contribution in [0, 0.1) is 0 Å². The minimum Gasteiger partial charge on any atom is -0.389 e. The molecule has 1 aromatic rings. The first kappa shape index (κ1) is 23.9. The van der Waals surface area contributed by atoms with Crippen molar-refractivity contribution in [2.45, 2.75) is 18.0 Å². The molecule has 0 radical (unpaired) electrons. The van der Waals surface area contributed by atoms with E-state index >= 15 is 0 Å². The summed E-state index contributed by atoms with van der Waals surface area (Å²) in [6.07, 6.45) is 0.548. The number of nitrogens with one attached hydrogen (secondary N) is 2. The monoisotopic (exact) mass is 504 g/mol. The van der Waals surface area contributed by atoms with Gasteiger partial charge in [-0.2, -0.15) is 12.7 Å². The maximum atomic E-state index is 11.8. The number of thiazole rings is 1. The lowest BCUT2D eigenvalue weighted by Gasteiger charge is -2.41. The lowest BCUT2D eigenvalue weighted by Crippen LogP contribution is -2.75. The number of hydrogen-bond acceptors (Lipinski definition) is 11. The highest BCUT2D eigenvalue weighted by Crippen LogP contribution is 2.26. The molecule has 0 aliphatic carbocycles. The lowest BCUT2D eigenvalue weighted by molar-refractivity contribution is -0.141. The SMILES string of the molecule is NS(=O)(=O)[C@@H]1[C@H](NC(=O)C=NOCc2csc(NC(=O)CCl)n2)C(=O)N1S(=O)(=O)O. The van der Waals surface area contributed by atoms with Crippen molar-refractivity contribution in [1.82, 2.24) is 14.6 Å². The number of alkyl halides is 1. The molecular formula is C11H13ClN6O9S3. The van der Waals surface area contributed by atoms with Crippen LogP contribution < -0.4 is 15.8 Å². The number of halogens is 1. The number of amides is 3. The number of sulfonamides is 1. The summed E-state index contributed by atoms with van der Waals surface area (Å²) in [5, 5.41) is 12.0. The first-order valence-corrected chi connectivity index (χ1v) is 11.8. The fourth-order valence-electron chi connectivity index (χ4n) is 2.10. The number of oxime groups is 1. The first-order valence-electron chi connectivity index (χ1n) is 7.43. The van der Waals surface area contributed by atoms with E-state index in [9.17, 15) is 31.2 Å². The van der Waals surface area contributed by atoms with Crippen LogP contribution in [0.1, 0.15) is 5.69 Å². The zero-order valence-corrected chi connectivity index (χ0v) is 17.7. The van der Waals surface area contributed by atoms with Crippen molar-refractivity contribution in [3.8, 4) is 0 Å². The van der Waals surface area contributed by atoms with Crippen LogP contribution in [-0.2, 0) is 46.2 Å². The standard InChI is InChI=1S/C11H13ClN6O9S3/c12-1-6(19)17-11-15-5(4-28-11)3-27-14-2-7(20)16-8-9(21)18(30(24,25)26)10(8)29(13,22)23/h2,4,8,10H,1,3H2,(H,16,20)(H2,13,22,23)(H,15,17,19)(H,24,25,26)/t8-,10-/m1/s1. The smallest absolute Gasteiger partial charge is 0.363 e. The van der Waals surface area contributed by atoms with Crippen molar-refractivity contribution in [2.24, 2.45) is 10.3 Å². The number of rotatable bonds is 9. The molecule has 5 N–H and O–H groups in total. The summed E-state index contributed by atoms with van der Waals surface area (Å²) < 4.78 is 53.6. The van der Waals surface area contributed by atoms with Gasteiger partial charge in [0.05, 0.1) is 5.69 Å². The molecule has 0 unspecified atom stereocenters. The predicted molar refractivity (Wildman–Crippen MR) is 102 cm³/mol. The Balaban J connectivity index is 1.90. The molecule has 19 heteroatoms. The highest BCUT2D eigenvalue weighted by atomic mass is 35.5. The second kappa shape index (κ2) is 9.18. The van der Waals surface area contributed by atoms with Gasteiger partial charge in [-0.3, -0.25) is 18.9 Å². The number of hydrogen-bond donors (Lipinski definition) is 4. The first-order chi connectivity index (χ1) is 13.8. The van der Waals surface area contributed by atoms with Gasteiger partial charge in [0.15, 0.2) is 17.1 Å². The Hall–Kier alpha value is -2.38. The fraction of sp³-hybridized carbons (Fsp3) is 0.364. The molecule has 1 fully saturated rings. The average molecular weight is 505 g/mol. The van der Waals surface area contributed by atoms with Gasteiger partial charge < -0.3 is 15.5 Å². The number of aromatic nitrogens is 1. The Morgan fingerprint density at radius 2 is 2.10 bits per heavy atom. The van der Waals surface area contributed by atoms with Crippen molar-refractivity contribution < 1.29 is 40.6 Å². The molecule has 2 atom stereocenters. The van der Waals surface area contributed by atoms with Gasteiger partial charge in [-0.1, -0.05) is 5.16 Å². The number of nitrogens with two attached hydrogens (primary N) is 1. The highest BCUT2D eigenvalue weighted by molar-refractivity contribution is 7.91. The van der Waals surface area contributed by atoms with E-state index < -0.39 is 49.5 Å². The largest absolute Gasteiger partial charge is 0.389 e. The van der Waals surface area contributed by atoms with Crippen LogP contribution in [0.4, 0.5) is 5.13 Å². The fourth-order valence-corrected chi connectivity index (χ4v) is 5.23. The molecule has 3 amide bonds. The van der Waals surface area contributed by atoms with E-state index in [4.69, 9.17) is 26.1 Å². The van der Waals surface area contributed by atoms with Crippen LogP contribution in [-0.4, -0.2) is 71.9 Å². The quantitative estimate of drug-likeness (QED) is 0.0912. The molecule has 1 aliphatic rings. The number of anilines is 1. The van der Waals surface area contributed by atoms with Crippen LogP contribution in [0.25, 0.3) is 0 Å². The number of primary sulfonamides is 1. The van der Waals surface area contributed by atoms with Gasteiger partial charge in [-0.15, -0.1) is 22.9 Å². The van der Waals surface area contributed by atoms with Crippen molar-refractivity contribution in [1.29, 1.82) is 0 Å². The Morgan fingerprint density at radius 1 is 1.43 bits per heavy atom. The summed E-state index contributed by atoms with van der Waals surface area (Å²) in [6, 6.07) is -1.85. The maximum absolute atomic E-state index is 11.8. The van der Waals surface area contributed by atoms with Gasteiger partial charge in [0, 0.05) is 5.38 Å². The van der Waals surface area contributed by atoms with Crippen LogP contribution in [0.15, 0.2) is 10.5 Å².